The monoisotopic (exact) mass is 357 g/mol. The highest BCUT2D eigenvalue weighted by Crippen LogP contribution is 2.23. The summed E-state index contributed by atoms with van der Waals surface area (Å²) in [6.45, 7) is 2.51. The van der Waals surface area contributed by atoms with Gasteiger partial charge in [0.05, 0.1) is 10.9 Å². The highest BCUT2D eigenvalue weighted by atomic mass is 79.9. The quantitative estimate of drug-likeness (QED) is 0.775. The Morgan fingerprint density at radius 1 is 1.37 bits per heavy atom. The number of thiophene rings is 1. The number of carbonyl (C=O) groups excluding carboxylic acids is 1. The minimum absolute atomic E-state index is 0.0170. The lowest BCUT2D eigenvalue weighted by atomic mass is 10.1. The standard InChI is InChI=1S/C14H13BrClNOS/c1-9-3-4-10(15)7-12(9)14(18)17(2)8-11-5-6-13(16)19-11/h3-7H,8H2,1-2H3. The zero-order valence-corrected chi connectivity index (χ0v) is 13.8. The molecule has 0 aliphatic rings. The molecule has 0 unspecified atom stereocenters. The van der Waals surface area contributed by atoms with E-state index >= 15 is 0 Å². The summed E-state index contributed by atoms with van der Waals surface area (Å²) in [7, 11) is 1.80. The molecule has 0 spiro atoms. The SMILES string of the molecule is Cc1ccc(Br)cc1C(=O)N(C)Cc1ccc(Cl)s1. The van der Waals surface area contributed by atoms with E-state index in [4.69, 9.17) is 11.6 Å². The van der Waals surface area contributed by atoms with E-state index in [9.17, 15) is 4.79 Å². The first kappa shape index (κ1) is 14.6. The summed E-state index contributed by atoms with van der Waals surface area (Å²) in [5.74, 6) is 0.0170. The number of benzene rings is 1. The molecule has 0 saturated carbocycles. The summed E-state index contributed by atoms with van der Waals surface area (Å²) < 4.78 is 1.66. The van der Waals surface area contributed by atoms with Gasteiger partial charge in [-0.05, 0) is 36.8 Å². The summed E-state index contributed by atoms with van der Waals surface area (Å²) in [6.07, 6.45) is 0. The lowest BCUT2D eigenvalue weighted by Gasteiger charge is -2.17. The highest BCUT2D eigenvalue weighted by Gasteiger charge is 2.15. The van der Waals surface area contributed by atoms with Crippen molar-refractivity contribution in [2.45, 2.75) is 13.5 Å². The Kier molecular flexibility index (Phi) is 4.66. The van der Waals surface area contributed by atoms with Crippen LogP contribution in [0, 0.1) is 6.92 Å². The second-order valence-electron chi connectivity index (χ2n) is 4.33. The molecule has 0 radical (unpaired) electrons. The first-order valence-electron chi connectivity index (χ1n) is 5.73. The van der Waals surface area contributed by atoms with Crippen LogP contribution in [-0.2, 0) is 6.54 Å². The molecule has 0 bridgehead atoms. The van der Waals surface area contributed by atoms with Crippen LogP contribution in [0.5, 0.6) is 0 Å². The number of halogens is 2. The molecule has 2 nitrogen and oxygen atoms in total. The van der Waals surface area contributed by atoms with Crippen LogP contribution in [0.3, 0.4) is 0 Å². The number of carbonyl (C=O) groups is 1. The Morgan fingerprint density at radius 3 is 2.74 bits per heavy atom. The third-order valence-corrected chi connectivity index (χ3v) is 4.51. The van der Waals surface area contributed by atoms with Gasteiger partial charge in [0.25, 0.3) is 5.91 Å². The van der Waals surface area contributed by atoms with Crippen molar-refractivity contribution in [2.75, 3.05) is 7.05 Å². The van der Waals surface area contributed by atoms with E-state index in [1.165, 1.54) is 11.3 Å². The van der Waals surface area contributed by atoms with Crippen molar-refractivity contribution in [3.05, 3.63) is 55.1 Å². The molecule has 1 amide bonds. The maximum atomic E-state index is 12.4. The maximum Gasteiger partial charge on any atom is 0.254 e. The Balaban J connectivity index is 2.16. The van der Waals surface area contributed by atoms with Gasteiger partial charge in [-0.2, -0.15) is 0 Å². The summed E-state index contributed by atoms with van der Waals surface area (Å²) in [5.41, 5.74) is 1.70. The van der Waals surface area contributed by atoms with Gasteiger partial charge in [-0.3, -0.25) is 4.79 Å². The minimum Gasteiger partial charge on any atom is -0.337 e. The molecule has 1 aromatic heterocycles. The van der Waals surface area contributed by atoms with Gasteiger partial charge in [-0.1, -0.05) is 33.6 Å². The average molecular weight is 359 g/mol. The first-order chi connectivity index (χ1) is 8.97. The van der Waals surface area contributed by atoms with E-state index in [0.717, 1.165) is 24.8 Å². The molecule has 1 aromatic carbocycles. The molecule has 0 saturated heterocycles. The molecular formula is C14H13BrClNOS. The number of hydrogen-bond acceptors (Lipinski definition) is 2. The fourth-order valence-corrected chi connectivity index (χ4v) is 3.27. The number of rotatable bonds is 3. The van der Waals surface area contributed by atoms with Gasteiger partial charge >= 0.3 is 0 Å². The number of nitrogens with zero attached hydrogens (tertiary/aromatic N) is 1. The van der Waals surface area contributed by atoms with Crippen LogP contribution in [-0.4, -0.2) is 17.9 Å². The molecule has 0 N–H and O–H groups in total. The predicted molar refractivity (Wildman–Crippen MR) is 84.0 cm³/mol. The van der Waals surface area contributed by atoms with Gasteiger partial charge in [-0.25, -0.2) is 0 Å². The van der Waals surface area contributed by atoms with E-state index in [2.05, 4.69) is 15.9 Å². The number of amides is 1. The highest BCUT2D eigenvalue weighted by molar-refractivity contribution is 9.10. The van der Waals surface area contributed by atoms with Crippen molar-refractivity contribution in [1.82, 2.24) is 4.90 Å². The van der Waals surface area contributed by atoms with Gasteiger partial charge in [0, 0.05) is 22.0 Å². The van der Waals surface area contributed by atoms with E-state index < -0.39 is 0 Å². The molecule has 2 rings (SSSR count). The van der Waals surface area contributed by atoms with Crippen molar-refractivity contribution in [3.63, 3.8) is 0 Å². The summed E-state index contributed by atoms with van der Waals surface area (Å²) in [4.78, 5) is 15.2. The molecule has 0 fully saturated rings. The largest absolute Gasteiger partial charge is 0.337 e. The fourth-order valence-electron chi connectivity index (χ4n) is 1.77. The number of aryl methyl sites for hydroxylation is 1. The Morgan fingerprint density at radius 2 is 2.11 bits per heavy atom. The smallest absolute Gasteiger partial charge is 0.254 e. The third kappa shape index (κ3) is 3.59. The molecule has 1 heterocycles. The van der Waals surface area contributed by atoms with Gasteiger partial charge in [0.2, 0.25) is 0 Å². The molecule has 100 valence electrons. The summed E-state index contributed by atoms with van der Waals surface area (Å²) in [6, 6.07) is 9.53. The lowest BCUT2D eigenvalue weighted by Crippen LogP contribution is -2.26. The van der Waals surface area contributed by atoms with Gasteiger partial charge in [0.15, 0.2) is 0 Å². The predicted octanol–water partition coefficient (Wildman–Crippen LogP) is 4.74. The van der Waals surface area contributed by atoms with Gasteiger partial charge in [-0.15, -0.1) is 11.3 Å². The second kappa shape index (κ2) is 6.07. The molecule has 5 heteroatoms. The van der Waals surface area contributed by atoms with Crippen molar-refractivity contribution in [3.8, 4) is 0 Å². The van der Waals surface area contributed by atoms with Gasteiger partial charge in [0.1, 0.15) is 0 Å². The van der Waals surface area contributed by atoms with Crippen molar-refractivity contribution in [2.24, 2.45) is 0 Å². The fraction of sp³-hybridized carbons (Fsp3) is 0.214. The van der Waals surface area contributed by atoms with Crippen molar-refractivity contribution in [1.29, 1.82) is 0 Å². The van der Waals surface area contributed by atoms with E-state index in [1.807, 2.05) is 37.3 Å². The normalized spacial score (nSPS) is 10.5. The van der Waals surface area contributed by atoms with Crippen LogP contribution in [0.25, 0.3) is 0 Å². The topological polar surface area (TPSA) is 20.3 Å². The van der Waals surface area contributed by atoms with E-state index in [1.54, 1.807) is 11.9 Å². The zero-order valence-electron chi connectivity index (χ0n) is 10.6. The van der Waals surface area contributed by atoms with E-state index in [0.29, 0.717) is 6.54 Å². The molecule has 2 aromatic rings. The van der Waals surface area contributed by atoms with Crippen LogP contribution < -0.4 is 0 Å². The first-order valence-corrected chi connectivity index (χ1v) is 7.72. The third-order valence-electron chi connectivity index (χ3n) is 2.80. The second-order valence-corrected chi connectivity index (χ2v) is 7.04. The molecule has 19 heavy (non-hydrogen) atoms. The molecule has 0 aliphatic carbocycles. The average Bonchev–Trinajstić information content (AvgIpc) is 2.77. The molecular weight excluding hydrogens is 346 g/mol. The maximum absolute atomic E-state index is 12.4. The summed E-state index contributed by atoms with van der Waals surface area (Å²) >= 11 is 10.8. The van der Waals surface area contributed by atoms with Gasteiger partial charge < -0.3 is 4.90 Å². The number of hydrogen-bond donors (Lipinski definition) is 0. The van der Waals surface area contributed by atoms with Crippen LogP contribution >= 0.6 is 38.9 Å². The lowest BCUT2D eigenvalue weighted by molar-refractivity contribution is 0.0785. The van der Waals surface area contributed by atoms with Crippen molar-refractivity contribution < 1.29 is 4.79 Å². The zero-order chi connectivity index (χ0) is 14.0. The Bertz CT molecular complexity index is 611. The molecule has 0 aliphatic heterocycles. The van der Waals surface area contributed by atoms with Crippen LogP contribution in [0.2, 0.25) is 4.34 Å². The summed E-state index contributed by atoms with van der Waals surface area (Å²) in [5, 5.41) is 0. The Labute approximate surface area is 130 Å². The van der Waals surface area contributed by atoms with Crippen LogP contribution in [0.1, 0.15) is 20.8 Å². The molecule has 0 atom stereocenters. The van der Waals surface area contributed by atoms with E-state index in [-0.39, 0.29) is 5.91 Å². The van der Waals surface area contributed by atoms with Crippen LogP contribution in [0.15, 0.2) is 34.8 Å². The van der Waals surface area contributed by atoms with Crippen molar-refractivity contribution >= 4 is 44.8 Å². The minimum atomic E-state index is 0.0170. The van der Waals surface area contributed by atoms with Crippen LogP contribution in [0.4, 0.5) is 0 Å². The Hall–Kier alpha value is -0.840.